The number of hydrogen-bond acceptors (Lipinski definition) is 2. The smallest absolute Gasteiger partial charge is 0.0468 e. The molecule has 2 heteroatoms. The van der Waals surface area contributed by atoms with Crippen LogP contribution in [0, 0.1) is 0 Å². The third-order valence-electron chi connectivity index (χ3n) is 4.77. The molecule has 24 heavy (non-hydrogen) atoms. The van der Waals surface area contributed by atoms with E-state index < -0.39 is 0 Å². The topological polar surface area (TPSA) is 6.48 Å². The van der Waals surface area contributed by atoms with Gasteiger partial charge >= 0.3 is 0 Å². The molecule has 0 aliphatic carbocycles. The zero-order valence-corrected chi connectivity index (χ0v) is 14.7. The fraction of sp³-hybridized carbons (Fsp3) is 0.182. The van der Waals surface area contributed by atoms with Gasteiger partial charge in [0.2, 0.25) is 0 Å². The van der Waals surface area contributed by atoms with Crippen LogP contribution in [0.25, 0.3) is 32.3 Å². The molecule has 0 aromatic heterocycles. The molecule has 0 unspecified atom stereocenters. The highest BCUT2D eigenvalue weighted by Crippen LogP contribution is 2.43. The minimum Gasteiger partial charge on any atom is -0.377 e. The summed E-state index contributed by atoms with van der Waals surface area (Å²) in [5.74, 6) is 0. The van der Waals surface area contributed by atoms with Crippen LogP contribution in [-0.4, -0.2) is 28.2 Å². The Balaban J connectivity index is 2.38. The van der Waals surface area contributed by atoms with Crippen molar-refractivity contribution in [3.63, 3.8) is 0 Å². The predicted molar refractivity (Wildman–Crippen MR) is 108 cm³/mol. The van der Waals surface area contributed by atoms with Crippen molar-refractivity contribution in [1.29, 1.82) is 0 Å². The lowest BCUT2D eigenvalue weighted by Crippen LogP contribution is -2.13. The summed E-state index contributed by atoms with van der Waals surface area (Å²) in [6, 6.07) is 22.0. The minimum atomic E-state index is 1.26. The van der Waals surface area contributed by atoms with Gasteiger partial charge in [-0.05, 0) is 33.7 Å². The Bertz CT molecular complexity index is 979. The van der Waals surface area contributed by atoms with E-state index >= 15 is 0 Å². The number of anilines is 2. The van der Waals surface area contributed by atoms with Crippen LogP contribution in [0.5, 0.6) is 0 Å². The summed E-state index contributed by atoms with van der Waals surface area (Å²) in [5.41, 5.74) is 2.52. The Labute approximate surface area is 142 Å². The first-order valence-electron chi connectivity index (χ1n) is 8.30. The number of hydrogen-bond donors (Lipinski definition) is 0. The first-order valence-corrected chi connectivity index (χ1v) is 8.30. The number of fused-ring (bicyclic) bond motifs is 5. The number of benzene rings is 4. The quantitative estimate of drug-likeness (QED) is 0.465. The molecular weight excluding hydrogens is 292 g/mol. The Morgan fingerprint density at radius 3 is 1.38 bits per heavy atom. The van der Waals surface area contributed by atoms with Gasteiger partial charge in [0.05, 0.1) is 0 Å². The molecule has 0 atom stereocenters. The summed E-state index contributed by atoms with van der Waals surface area (Å²) in [5, 5.41) is 7.88. The first kappa shape index (κ1) is 14.8. The number of rotatable bonds is 2. The van der Waals surface area contributed by atoms with Gasteiger partial charge in [-0.15, -0.1) is 0 Å². The highest BCUT2D eigenvalue weighted by Gasteiger charge is 2.16. The van der Waals surface area contributed by atoms with Crippen LogP contribution < -0.4 is 9.80 Å². The van der Waals surface area contributed by atoms with Crippen molar-refractivity contribution in [2.45, 2.75) is 0 Å². The van der Waals surface area contributed by atoms with E-state index in [1.54, 1.807) is 0 Å². The normalized spacial score (nSPS) is 11.3. The molecule has 0 amide bonds. The lowest BCUT2D eigenvalue weighted by atomic mass is 9.93. The van der Waals surface area contributed by atoms with E-state index in [-0.39, 0.29) is 0 Å². The maximum Gasteiger partial charge on any atom is 0.0468 e. The molecule has 0 aliphatic rings. The predicted octanol–water partition coefficient (Wildman–Crippen LogP) is 5.28. The van der Waals surface area contributed by atoms with Crippen molar-refractivity contribution >= 4 is 43.7 Å². The Kier molecular flexibility index (Phi) is 3.34. The fourth-order valence-corrected chi connectivity index (χ4v) is 3.65. The van der Waals surface area contributed by atoms with Crippen LogP contribution in [0.15, 0.2) is 60.7 Å². The van der Waals surface area contributed by atoms with Crippen LogP contribution in [0.3, 0.4) is 0 Å². The molecule has 2 nitrogen and oxygen atoms in total. The highest BCUT2D eigenvalue weighted by atomic mass is 15.1. The van der Waals surface area contributed by atoms with Crippen LogP contribution in [-0.2, 0) is 0 Å². The van der Waals surface area contributed by atoms with E-state index in [0.29, 0.717) is 0 Å². The molecule has 0 aliphatic heterocycles. The molecule has 0 saturated carbocycles. The molecule has 0 radical (unpaired) electrons. The molecule has 120 valence electrons. The summed E-state index contributed by atoms with van der Waals surface area (Å²) >= 11 is 0. The molecule has 0 spiro atoms. The average Bonchev–Trinajstić information content (AvgIpc) is 2.59. The second-order valence-corrected chi connectivity index (χ2v) is 6.77. The lowest BCUT2D eigenvalue weighted by molar-refractivity contribution is 1.13. The lowest BCUT2D eigenvalue weighted by Gasteiger charge is -2.24. The second-order valence-electron chi connectivity index (χ2n) is 6.77. The van der Waals surface area contributed by atoms with E-state index in [4.69, 9.17) is 0 Å². The van der Waals surface area contributed by atoms with E-state index in [0.717, 1.165) is 0 Å². The van der Waals surface area contributed by atoms with E-state index in [1.165, 1.54) is 43.7 Å². The Hall–Kier alpha value is -2.74. The summed E-state index contributed by atoms with van der Waals surface area (Å²) < 4.78 is 0. The molecule has 0 fully saturated rings. The van der Waals surface area contributed by atoms with Crippen molar-refractivity contribution in [3.8, 4) is 0 Å². The fourth-order valence-electron chi connectivity index (χ4n) is 3.65. The SMILES string of the molecule is CN(C)c1cc2ccccc2c2c1c(N(C)C)cc1ccccc12. The standard InChI is InChI=1S/C22H22N2/c1-23(2)19-13-15-9-5-7-11-17(15)21-18-12-8-6-10-16(18)14-20(22(19)21)24(3)4/h5-14H,1-4H3. The Morgan fingerprint density at radius 2 is 0.958 bits per heavy atom. The third-order valence-corrected chi connectivity index (χ3v) is 4.77. The van der Waals surface area contributed by atoms with Crippen LogP contribution in [0.2, 0.25) is 0 Å². The van der Waals surface area contributed by atoms with Gasteiger partial charge in [-0.3, -0.25) is 0 Å². The molecule has 4 aromatic rings. The van der Waals surface area contributed by atoms with Crippen LogP contribution in [0.4, 0.5) is 11.4 Å². The summed E-state index contributed by atoms with van der Waals surface area (Å²) in [7, 11) is 8.49. The number of nitrogens with zero attached hydrogens (tertiary/aromatic N) is 2. The van der Waals surface area contributed by atoms with Crippen molar-refractivity contribution in [3.05, 3.63) is 60.7 Å². The van der Waals surface area contributed by atoms with Gasteiger partial charge in [0.1, 0.15) is 0 Å². The van der Waals surface area contributed by atoms with E-state index in [9.17, 15) is 0 Å². The monoisotopic (exact) mass is 314 g/mol. The maximum absolute atomic E-state index is 2.30. The summed E-state index contributed by atoms with van der Waals surface area (Å²) in [6.45, 7) is 0. The van der Waals surface area contributed by atoms with Gasteiger partial charge in [-0.1, -0.05) is 48.5 Å². The first-order chi connectivity index (χ1) is 11.6. The van der Waals surface area contributed by atoms with Crippen molar-refractivity contribution in [2.24, 2.45) is 0 Å². The second kappa shape index (κ2) is 5.41. The zero-order chi connectivity index (χ0) is 16.8. The highest BCUT2D eigenvalue weighted by molar-refractivity contribution is 6.27. The minimum absolute atomic E-state index is 1.26. The molecule has 4 rings (SSSR count). The molecular formula is C22H22N2. The van der Waals surface area contributed by atoms with E-state index in [1.807, 2.05) is 0 Å². The van der Waals surface area contributed by atoms with Gasteiger partial charge in [0.25, 0.3) is 0 Å². The zero-order valence-electron chi connectivity index (χ0n) is 14.7. The molecule has 0 N–H and O–H groups in total. The molecule has 0 saturated heterocycles. The summed E-state index contributed by atoms with van der Waals surface area (Å²) in [6.07, 6.45) is 0. The Morgan fingerprint density at radius 1 is 0.542 bits per heavy atom. The van der Waals surface area contributed by atoms with Gasteiger partial charge in [0.15, 0.2) is 0 Å². The largest absolute Gasteiger partial charge is 0.377 e. The van der Waals surface area contributed by atoms with Crippen molar-refractivity contribution in [2.75, 3.05) is 38.0 Å². The van der Waals surface area contributed by atoms with Crippen LogP contribution in [0.1, 0.15) is 0 Å². The van der Waals surface area contributed by atoms with Gasteiger partial charge in [0, 0.05) is 50.3 Å². The average molecular weight is 314 g/mol. The molecule has 4 aromatic carbocycles. The van der Waals surface area contributed by atoms with Gasteiger partial charge in [-0.2, -0.15) is 0 Å². The van der Waals surface area contributed by atoms with E-state index in [2.05, 4.69) is 98.7 Å². The molecule has 0 heterocycles. The van der Waals surface area contributed by atoms with Crippen molar-refractivity contribution in [1.82, 2.24) is 0 Å². The third kappa shape index (κ3) is 2.10. The summed E-state index contributed by atoms with van der Waals surface area (Å²) in [4.78, 5) is 4.44. The van der Waals surface area contributed by atoms with Gasteiger partial charge in [-0.25, -0.2) is 0 Å². The maximum atomic E-state index is 2.30. The molecule has 0 bridgehead atoms. The van der Waals surface area contributed by atoms with Gasteiger partial charge < -0.3 is 9.80 Å². The van der Waals surface area contributed by atoms with Crippen LogP contribution >= 0.6 is 0 Å². The van der Waals surface area contributed by atoms with Crippen molar-refractivity contribution < 1.29 is 0 Å².